The van der Waals surface area contributed by atoms with Crippen molar-refractivity contribution in [1.29, 1.82) is 0 Å². The van der Waals surface area contributed by atoms with Gasteiger partial charge in [-0.3, -0.25) is 4.79 Å². The molecule has 3 rings (SSSR count). The first kappa shape index (κ1) is 11.4. The molecule has 0 N–H and O–H groups in total. The van der Waals surface area contributed by atoms with Gasteiger partial charge in [0, 0.05) is 11.6 Å². The van der Waals surface area contributed by atoms with Crippen LogP contribution in [0.2, 0.25) is 4.47 Å². The highest BCUT2D eigenvalue weighted by molar-refractivity contribution is 7.15. The topological polar surface area (TPSA) is 47.8 Å². The van der Waals surface area contributed by atoms with E-state index in [1.807, 2.05) is 30.3 Å². The van der Waals surface area contributed by atoms with Gasteiger partial charge in [0.1, 0.15) is 5.01 Å². The third-order valence-corrected chi connectivity index (χ3v) is 3.64. The molecule has 0 unspecified atom stereocenters. The largest absolute Gasteiger partial charge is 0.308 e. The van der Waals surface area contributed by atoms with Crippen molar-refractivity contribution in [2.45, 2.75) is 6.54 Å². The first-order chi connectivity index (χ1) is 8.74. The minimum Gasteiger partial charge on any atom is -0.308 e. The van der Waals surface area contributed by atoms with Crippen LogP contribution in [0.3, 0.4) is 0 Å². The molecule has 90 valence electrons. The maximum atomic E-state index is 12.2. The summed E-state index contributed by atoms with van der Waals surface area (Å²) in [6, 6.07) is 9.43. The summed E-state index contributed by atoms with van der Waals surface area (Å²) in [5.74, 6) is 0. The third-order valence-electron chi connectivity index (χ3n) is 2.63. The van der Waals surface area contributed by atoms with E-state index < -0.39 is 0 Å². The number of pyridine rings is 1. The molecule has 6 heteroatoms. The van der Waals surface area contributed by atoms with E-state index in [9.17, 15) is 4.79 Å². The zero-order chi connectivity index (χ0) is 12.5. The Morgan fingerprint density at radius 3 is 2.83 bits per heavy atom. The summed E-state index contributed by atoms with van der Waals surface area (Å²) in [7, 11) is 0. The molecular weight excluding hydrogens is 270 g/mol. The molecular formula is C12H8ClN3OS. The molecule has 3 aromatic rings. The highest BCUT2D eigenvalue weighted by atomic mass is 35.5. The zero-order valence-electron chi connectivity index (χ0n) is 9.21. The molecule has 0 spiro atoms. The first-order valence-electron chi connectivity index (χ1n) is 5.30. The second kappa shape index (κ2) is 4.51. The number of nitrogens with zero attached hydrogens (tertiary/aromatic N) is 3. The van der Waals surface area contributed by atoms with Crippen LogP contribution in [0.15, 0.2) is 41.3 Å². The summed E-state index contributed by atoms with van der Waals surface area (Å²) >= 11 is 7.00. The van der Waals surface area contributed by atoms with Crippen molar-refractivity contribution >= 4 is 33.7 Å². The molecule has 4 nitrogen and oxygen atoms in total. The van der Waals surface area contributed by atoms with E-state index >= 15 is 0 Å². The van der Waals surface area contributed by atoms with Crippen LogP contribution in [-0.2, 0) is 6.54 Å². The Balaban J connectivity index is 2.08. The fourth-order valence-electron chi connectivity index (χ4n) is 1.80. The van der Waals surface area contributed by atoms with Crippen molar-refractivity contribution in [3.05, 3.63) is 56.4 Å². The van der Waals surface area contributed by atoms with Crippen molar-refractivity contribution in [1.82, 2.24) is 14.8 Å². The Morgan fingerprint density at radius 2 is 2.06 bits per heavy atom. The van der Waals surface area contributed by atoms with Crippen LogP contribution < -0.4 is 5.56 Å². The van der Waals surface area contributed by atoms with Crippen LogP contribution in [0.5, 0.6) is 0 Å². The van der Waals surface area contributed by atoms with Gasteiger partial charge >= 0.3 is 0 Å². The Bertz CT molecular complexity index is 765. The lowest BCUT2D eigenvalue weighted by Crippen LogP contribution is -2.19. The second-order valence-electron chi connectivity index (χ2n) is 3.78. The van der Waals surface area contributed by atoms with Crippen molar-refractivity contribution in [3.63, 3.8) is 0 Å². The fourth-order valence-corrected chi connectivity index (χ4v) is 2.66. The molecule has 0 aliphatic rings. The molecule has 0 saturated carbocycles. The number of benzene rings is 1. The van der Waals surface area contributed by atoms with E-state index in [1.54, 1.807) is 10.8 Å². The Labute approximate surface area is 111 Å². The second-order valence-corrected chi connectivity index (χ2v) is 5.43. The highest BCUT2D eigenvalue weighted by Gasteiger charge is 2.06. The number of aromatic nitrogens is 3. The molecule has 0 fully saturated rings. The van der Waals surface area contributed by atoms with Gasteiger partial charge in [-0.05, 0) is 29.1 Å². The quantitative estimate of drug-likeness (QED) is 0.723. The lowest BCUT2D eigenvalue weighted by Gasteiger charge is -2.04. The molecule has 0 aliphatic carbocycles. The van der Waals surface area contributed by atoms with Crippen molar-refractivity contribution < 1.29 is 0 Å². The summed E-state index contributed by atoms with van der Waals surface area (Å²) in [6.07, 6.45) is 1.76. The average molecular weight is 278 g/mol. The summed E-state index contributed by atoms with van der Waals surface area (Å²) < 4.78 is 2.00. The number of fused-ring (bicyclic) bond motifs is 1. The molecule has 2 aromatic heterocycles. The maximum Gasteiger partial charge on any atom is 0.258 e. The predicted molar refractivity (Wildman–Crippen MR) is 72.2 cm³/mol. The van der Waals surface area contributed by atoms with Gasteiger partial charge < -0.3 is 4.57 Å². The minimum absolute atomic E-state index is 0.0283. The molecule has 0 amide bonds. The van der Waals surface area contributed by atoms with Crippen LogP contribution >= 0.6 is 22.9 Å². The van der Waals surface area contributed by atoms with Gasteiger partial charge in [0.25, 0.3) is 5.56 Å². The van der Waals surface area contributed by atoms with Crippen LogP contribution in [0, 0.1) is 0 Å². The summed E-state index contributed by atoms with van der Waals surface area (Å²) in [6.45, 7) is 0.397. The van der Waals surface area contributed by atoms with Gasteiger partial charge in [0.2, 0.25) is 4.47 Å². The van der Waals surface area contributed by atoms with Gasteiger partial charge in [0.05, 0.1) is 6.54 Å². The molecule has 18 heavy (non-hydrogen) atoms. The monoisotopic (exact) mass is 277 g/mol. The van der Waals surface area contributed by atoms with Gasteiger partial charge in [-0.25, -0.2) is 0 Å². The number of halogens is 1. The molecule has 0 saturated heterocycles. The van der Waals surface area contributed by atoms with Crippen LogP contribution in [0.4, 0.5) is 0 Å². The van der Waals surface area contributed by atoms with Crippen molar-refractivity contribution in [2.75, 3.05) is 0 Å². The van der Waals surface area contributed by atoms with Crippen LogP contribution in [0.1, 0.15) is 5.01 Å². The highest BCUT2D eigenvalue weighted by Crippen LogP contribution is 2.16. The third kappa shape index (κ3) is 2.02. The Hall–Kier alpha value is -1.72. The molecule has 1 aromatic carbocycles. The van der Waals surface area contributed by atoms with Crippen molar-refractivity contribution in [2.24, 2.45) is 0 Å². The molecule has 0 bridgehead atoms. The maximum absolute atomic E-state index is 12.2. The van der Waals surface area contributed by atoms with E-state index in [-0.39, 0.29) is 5.56 Å². The van der Waals surface area contributed by atoms with Gasteiger partial charge in [0.15, 0.2) is 0 Å². The van der Waals surface area contributed by atoms with E-state index in [1.165, 1.54) is 11.3 Å². The summed E-state index contributed by atoms with van der Waals surface area (Å²) in [4.78, 5) is 12.2. The fraction of sp³-hybridized carbons (Fsp3) is 0.0833. The van der Waals surface area contributed by atoms with Gasteiger partial charge in [-0.15, -0.1) is 10.2 Å². The Morgan fingerprint density at radius 1 is 1.22 bits per heavy atom. The van der Waals surface area contributed by atoms with Crippen molar-refractivity contribution in [3.8, 4) is 0 Å². The molecule has 0 aliphatic heterocycles. The summed E-state index contributed by atoms with van der Waals surface area (Å²) in [5.41, 5.74) is -0.0283. The lowest BCUT2D eigenvalue weighted by molar-refractivity contribution is 0.751. The van der Waals surface area contributed by atoms with E-state index in [2.05, 4.69) is 10.2 Å². The number of hydrogen-bond acceptors (Lipinski definition) is 4. The average Bonchev–Trinajstić information content (AvgIpc) is 2.79. The van der Waals surface area contributed by atoms with Gasteiger partial charge in [-0.1, -0.05) is 29.5 Å². The normalized spacial score (nSPS) is 10.9. The van der Waals surface area contributed by atoms with Gasteiger partial charge in [-0.2, -0.15) is 0 Å². The molecule has 0 radical (unpaired) electrons. The summed E-state index contributed by atoms with van der Waals surface area (Å²) in [5, 5.41) is 10.00. The predicted octanol–water partition coefficient (Wildman–Crippen LogP) is 2.55. The standard InChI is InChI=1S/C12H8ClN3OS/c13-12-15-14-10(18-12)7-16-6-5-8-3-1-2-4-9(8)11(16)17/h1-6H,7H2. The lowest BCUT2D eigenvalue weighted by atomic mass is 10.2. The Kier molecular flexibility index (Phi) is 2.85. The van der Waals surface area contributed by atoms with E-state index in [0.29, 0.717) is 16.4 Å². The number of rotatable bonds is 2. The smallest absolute Gasteiger partial charge is 0.258 e. The zero-order valence-corrected chi connectivity index (χ0v) is 10.8. The molecule has 0 atom stereocenters. The molecule has 2 heterocycles. The van der Waals surface area contributed by atoms with Crippen LogP contribution in [0.25, 0.3) is 10.8 Å². The first-order valence-corrected chi connectivity index (χ1v) is 6.49. The number of hydrogen-bond donors (Lipinski definition) is 0. The van der Waals surface area contributed by atoms with Crippen LogP contribution in [-0.4, -0.2) is 14.8 Å². The minimum atomic E-state index is -0.0283. The van der Waals surface area contributed by atoms with E-state index in [4.69, 9.17) is 11.6 Å². The SMILES string of the molecule is O=c1c2ccccc2ccn1Cc1nnc(Cl)s1. The van der Waals surface area contributed by atoms with E-state index in [0.717, 1.165) is 10.4 Å².